The van der Waals surface area contributed by atoms with Crippen molar-refractivity contribution >= 4 is 17.5 Å². The number of methoxy groups -OCH3 is 1. The second-order valence-electron chi connectivity index (χ2n) is 9.03. The molecule has 3 aromatic carbocycles. The molecule has 0 unspecified atom stereocenters. The predicted molar refractivity (Wildman–Crippen MR) is 131 cm³/mol. The highest BCUT2D eigenvalue weighted by atomic mass is 16.5. The van der Waals surface area contributed by atoms with Crippen molar-refractivity contribution < 1.29 is 14.3 Å². The van der Waals surface area contributed by atoms with Crippen molar-refractivity contribution in [1.29, 1.82) is 0 Å². The van der Waals surface area contributed by atoms with Crippen LogP contribution < -0.4 is 15.0 Å². The Labute approximate surface area is 195 Å². The van der Waals surface area contributed by atoms with E-state index < -0.39 is 5.54 Å². The van der Waals surface area contributed by atoms with Crippen LogP contribution in [0, 0.1) is 0 Å². The topological polar surface area (TPSA) is 58.6 Å². The molecular weight excluding hydrogens is 412 g/mol. The van der Waals surface area contributed by atoms with Gasteiger partial charge < -0.3 is 10.1 Å². The van der Waals surface area contributed by atoms with Crippen molar-refractivity contribution in [3.8, 4) is 5.75 Å². The Morgan fingerprint density at radius 2 is 1.70 bits per heavy atom. The van der Waals surface area contributed by atoms with E-state index in [-0.39, 0.29) is 11.8 Å². The van der Waals surface area contributed by atoms with Crippen LogP contribution in [0.15, 0.2) is 72.8 Å². The lowest BCUT2D eigenvalue weighted by molar-refractivity contribution is -0.126. The molecule has 1 aliphatic rings. The van der Waals surface area contributed by atoms with Crippen molar-refractivity contribution in [3.05, 3.63) is 95.1 Å². The van der Waals surface area contributed by atoms with Crippen molar-refractivity contribution in [1.82, 2.24) is 5.32 Å². The molecule has 1 aliphatic heterocycles. The average molecular weight is 443 g/mol. The fourth-order valence-electron chi connectivity index (χ4n) is 4.39. The van der Waals surface area contributed by atoms with Crippen LogP contribution in [0.1, 0.15) is 53.7 Å². The van der Waals surface area contributed by atoms with E-state index in [1.165, 1.54) is 5.56 Å². The minimum Gasteiger partial charge on any atom is -0.497 e. The molecule has 0 fully saturated rings. The lowest BCUT2D eigenvalue weighted by atomic mass is 9.82. The minimum absolute atomic E-state index is 0.156. The van der Waals surface area contributed by atoms with E-state index >= 15 is 0 Å². The second-order valence-corrected chi connectivity index (χ2v) is 9.03. The van der Waals surface area contributed by atoms with Crippen LogP contribution in [-0.2, 0) is 17.8 Å². The monoisotopic (exact) mass is 442 g/mol. The van der Waals surface area contributed by atoms with Gasteiger partial charge in [-0.3, -0.25) is 14.5 Å². The number of anilines is 1. The van der Waals surface area contributed by atoms with Gasteiger partial charge in [-0.15, -0.1) is 0 Å². The molecule has 1 atom stereocenters. The molecule has 5 heteroatoms. The van der Waals surface area contributed by atoms with Gasteiger partial charge in [-0.05, 0) is 59.9 Å². The summed E-state index contributed by atoms with van der Waals surface area (Å²) in [6.07, 6.45) is 0.440. The molecule has 170 valence electrons. The third kappa shape index (κ3) is 4.36. The van der Waals surface area contributed by atoms with Gasteiger partial charge in [0.05, 0.1) is 7.11 Å². The van der Waals surface area contributed by atoms with E-state index in [1.54, 1.807) is 12.0 Å². The maximum absolute atomic E-state index is 13.6. The van der Waals surface area contributed by atoms with Gasteiger partial charge in [0, 0.05) is 24.2 Å². The number of rotatable bonds is 6. The van der Waals surface area contributed by atoms with E-state index in [4.69, 9.17) is 4.74 Å². The molecule has 0 saturated carbocycles. The minimum atomic E-state index is -1.06. The van der Waals surface area contributed by atoms with Crippen LogP contribution in [0.4, 0.5) is 5.69 Å². The summed E-state index contributed by atoms with van der Waals surface area (Å²) in [6, 6.07) is 23.1. The number of carbonyl (C=O) groups is 2. The number of nitrogens with one attached hydrogen (secondary N) is 1. The van der Waals surface area contributed by atoms with Gasteiger partial charge in [-0.2, -0.15) is 0 Å². The molecule has 0 aromatic heterocycles. The fourth-order valence-corrected chi connectivity index (χ4v) is 4.39. The van der Waals surface area contributed by atoms with Crippen LogP contribution in [-0.4, -0.2) is 24.5 Å². The Balaban J connectivity index is 1.66. The third-order valence-electron chi connectivity index (χ3n) is 6.40. The first-order valence-electron chi connectivity index (χ1n) is 11.3. The van der Waals surface area contributed by atoms with Gasteiger partial charge in [0.15, 0.2) is 0 Å². The van der Waals surface area contributed by atoms with E-state index in [0.717, 1.165) is 22.6 Å². The van der Waals surface area contributed by atoms with Crippen LogP contribution in [0.5, 0.6) is 5.75 Å². The van der Waals surface area contributed by atoms with Crippen molar-refractivity contribution in [3.63, 3.8) is 0 Å². The number of carbonyl (C=O) groups excluding carboxylic acids is 2. The summed E-state index contributed by atoms with van der Waals surface area (Å²) in [5.41, 5.74) is 3.35. The van der Waals surface area contributed by atoms with E-state index in [0.29, 0.717) is 24.4 Å². The SMILES string of the molecule is COc1ccc(CNC(=O)[C@]2(C)Cc3ccccc3C(=O)N2c2ccc(C(C)C)cc2)cc1. The Kier molecular flexibility index (Phi) is 6.23. The molecule has 0 bridgehead atoms. The molecule has 0 radical (unpaired) electrons. The number of hydrogen-bond donors (Lipinski definition) is 1. The highest BCUT2D eigenvalue weighted by Crippen LogP contribution is 2.36. The number of benzene rings is 3. The van der Waals surface area contributed by atoms with Gasteiger partial charge in [0.1, 0.15) is 11.3 Å². The third-order valence-corrected chi connectivity index (χ3v) is 6.40. The zero-order chi connectivity index (χ0) is 23.6. The molecule has 4 rings (SSSR count). The van der Waals surface area contributed by atoms with Crippen LogP contribution in [0.25, 0.3) is 0 Å². The Morgan fingerprint density at radius 1 is 1.03 bits per heavy atom. The van der Waals surface area contributed by atoms with E-state index in [1.807, 2.05) is 79.7 Å². The number of nitrogens with zero attached hydrogens (tertiary/aromatic N) is 1. The zero-order valence-corrected chi connectivity index (χ0v) is 19.6. The Hall–Kier alpha value is -3.60. The van der Waals surface area contributed by atoms with Gasteiger partial charge in [0.25, 0.3) is 5.91 Å². The number of amides is 2. The molecule has 0 aliphatic carbocycles. The number of ether oxygens (including phenoxy) is 1. The van der Waals surface area contributed by atoms with Gasteiger partial charge >= 0.3 is 0 Å². The molecule has 3 aromatic rings. The first kappa shape index (κ1) is 22.6. The first-order valence-corrected chi connectivity index (χ1v) is 11.3. The Bertz CT molecular complexity index is 1150. The lowest BCUT2D eigenvalue weighted by Crippen LogP contribution is -2.63. The summed E-state index contributed by atoms with van der Waals surface area (Å²) in [7, 11) is 1.62. The molecular formula is C28H30N2O3. The maximum atomic E-state index is 13.6. The van der Waals surface area contributed by atoms with Gasteiger partial charge in [-0.1, -0.05) is 56.3 Å². The Morgan fingerprint density at radius 3 is 2.33 bits per heavy atom. The highest BCUT2D eigenvalue weighted by Gasteiger charge is 2.47. The fraction of sp³-hybridized carbons (Fsp3) is 0.286. The molecule has 33 heavy (non-hydrogen) atoms. The van der Waals surface area contributed by atoms with E-state index in [2.05, 4.69) is 19.2 Å². The quantitative estimate of drug-likeness (QED) is 0.578. The molecule has 5 nitrogen and oxygen atoms in total. The summed E-state index contributed by atoms with van der Waals surface area (Å²) in [5, 5.41) is 3.05. The van der Waals surface area contributed by atoms with Crippen molar-refractivity contribution in [2.24, 2.45) is 0 Å². The van der Waals surface area contributed by atoms with Crippen molar-refractivity contribution in [2.75, 3.05) is 12.0 Å². The molecule has 1 heterocycles. The number of fused-ring (bicyclic) bond motifs is 1. The number of hydrogen-bond acceptors (Lipinski definition) is 3. The van der Waals surface area contributed by atoms with E-state index in [9.17, 15) is 9.59 Å². The first-order chi connectivity index (χ1) is 15.8. The molecule has 0 spiro atoms. The normalized spacial score (nSPS) is 17.6. The van der Waals surface area contributed by atoms with Crippen LogP contribution in [0.3, 0.4) is 0 Å². The summed E-state index contributed by atoms with van der Waals surface area (Å²) in [5.74, 6) is 0.809. The largest absolute Gasteiger partial charge is 0.497 e. The highest BCUT2D eigenvalue weighted by molar-refractivity contribution is 6.14. The van der Waals surface area contributed by atoms with Gasteiger partial charge in [0.2, 0.25) is 5.91 Å². The lowest BCUT2D eigenvalue weighted by Gasteiger charge is -2.44. The predicted octanol–water partition coefficient (Wildman–Crippen LogP) is 5.10. The smallest absolute Gasteiger partial charge is 0.259 e. The summed E-state index contributed by atoms with van der Waals surface area (Å²) in [6.45, 7) is 6.48. The van der Waals surface area contributed by atoms with Gasteiger partial charge in [-0.25, -0.2) is 0 Å². The molecule has 0 saturated heterocycles. The maximum Gasteiger partial charge on any atom is 0.259 e. The standard InChI is InChI=1S/C28H30N2O3/c1-19(2)21-11-13-23(14-12-21)30-26(31)25-8-6-5-7-22(25)17-28(30,3)27(32)29-18-20-9-15-24(33-4)16-10-20/h5-16,19H,17-18H2,1-4H3,(H,29,32)/t28-/m0/s1. The zero-order valence-electron chi connectivity index (χ0n) is 19.6. The van der Waals surface area contributed by atoms with Crippen LogP contribution >= 0.6 is 0 Å². The van der Waals surface area contributed by atoms with Crippen molar-refractivity contribution in [2.45, 2.75) is 45.2 Å². The average Bonchev–Trinajstić information content (AvgIpc) is 2.83. The summed E-state index contributed by atoms with van der Waals surface area (Å²) < 4.78 is 5.21. The summed E-state index contributed by atoms with van der Waals surface area (Å²) in [4.78, 5) is 28.9. The molecule has 2 amide bonds. The second kappa shape index (κ2) is 9.10. The van der Waals surface area contributed by atoms with Crippen LogP contribution in [0.2, 0.25) is 0 Å². The molecule has 1 N–H and O–H groups in total. The summed E-state index contributed by atoms with van der Waals surface area (Å²) >= 11 is 0.